The molecule has 1 atom stereocenters. The highest BCUT2D eigenvalue weighted by Gasteiger charge is 2.24. The van der Waals surface area contributed by atoms with Crippen molar-refractivity contribution in [1.29, 1.82) is 0 Å². The number of carbonyl (C=O) groups excluding carboxylic acids is 1. The molecule has 11 heteroatoms. The van der Waals surface area contributed by atoms with E-state index in [1.165, 1.54) is 15.9 Å². The van der Waals surface area contributed by atoms with Crippen LogP contribution in [0.5, 0.6) is 0 Å². The Morgan fingerprint density at radius 2 is 2.00 bits per heavy atom. The van der Waals surface area contributed by atoms with Crippen LogP contribution in [0.3, 0.4) is 0 Å². The zero-order valence-corrected chi connectivity index (χ0v) is 23.9. The minimum absolute atomic E-state index is 0.0687. The zero-order chi connectivity index (χ0) is 29.5. The van der Waals surface area contributed by atoms with E-state index in [4.69, 9.17) is 10.5 Å². The smallest absolute Gasteiger partial charge is 0.264 e. The molecule has 1 aliphatic heterocycles. The molecular weight excluding hydrogens is 562 g/mol. The number of nitrogen functional groups attached to an aromatic ring is 1. The number of hydrogen-bond donors (Lipinski definition) is 2. The summed E-state index contributed by atoms with van der Waals surface area (Å²) in [5, 5.41) is 9.10. The van der Waals surface area contributed by atoms with Crippen molar-refractivity contribution in [3.05, 3.63) is 116 Å². The first-order valence-electron chi connectivity index (χ1n) is 13.7. The average molecular weight is 588 g/mol. The van der Waals surface area contributed by atoms with Gasteiger partial charge in [-0.25, -0.2) is 14.5 Å². The SMILES string of the molecule is C[C@H](NC(=O)c1c(N)nn2cccnc12)c1cc2cccc(C#Cc3nc4c(s3)COCC4)c2c(=O)n1-c1ccccc1. The highest BCUT2D eigenvalue weighted by Crippen LogP contribution is 2.26. The number of fused-ring (bicyclic) bond motifs is 3. The fraction of sp³-hybridized carbons (Fsp3) is 0.156. The molecule has 0 aliphatic carbocycles. The third-order valence-corrected chi connectivity index (χ3v) is 8.32. The van der Waals surface area contributed by atoms with Crippen molar-refractivity contribution in [3.8, 4) is 17.5 Å². The summed E-state index contributed by atoms with van der Waals surface area (Å²) in [6.07, 6.45) is 4.03. The van der Waals surface area contributed by atoms with E-state index in [1.54, 1.807) is 23.0 Å². The molecule has 43 heavy (non-hydrogen) atoms. The van der Waals surface area contributed by atoms with Crippen LogP contribution in [0.15, 0.2) is 77.9 Å². The standard InChI is InChI=1S/C32H25N7O3S/c1-19(35-31(40)28-29(33)37-38-15-6-14-34-30(28)38)24-17-21-8-5-7-20(11-12-26-36-23-13-16-42-18-25(23)43-26)27(21)32(41)39(24)22-9-3-2-4-10-22/h2-10,14-15,17,19H,13,16,18H2,1H3,(H2,33,37)(H,35,40)/t19-/m0/s1. The number of thiazole rings is 1. The normalized spacial score (nSPS) is 13.3. The Morgan fingerprint density at radius 3 is 2.84 bits per heavy atom. The lowest BCUT2D eigenvalue weighted by Crippen LogP contribution is -2.32. The number of amides is 1. The Hall–Kier alpha value is -5.31. The van der Waals surface area contributed by atoms with Crippen LogP contribution in [0, 0.1) is 11.8 Å². The van der Waals surface area contributed by atoms with Crippen molar-refractivity contribution in [2.75, 3.05) is 12.3 Å². The van der Waals surface area contributed by atoms with Crippen LogP contribution in [0.25, 0.3) is 22.1 Å². The molecule has 0 bridgehead atoms. The number of anilines is 1. The van der Waals surface area contributed by atoms with Gasteiger partial charge in [0.05, 0.1) is 35.2 Å². The van der Waals surface area contributed by atoms with Gasteiger partial charge in [-0.3, -0.25) is 14.2 Å². The number of ether oxygens (including phenoxy) is 1. The van der Waals surface area contributed by atoms with E-state index in [1.807, 2.05) is 61.5 Å². The van der Waals surface area contributed by atoms with Crippen molar-refractivity contribution in [1.82, 2.24) is 29.5 Å². The lowest BCUT2D eigenvalue weighted by atomic mass is 10.0. The zero-order valence-electron chi connectivity index (χ0n) is 23.1. The van der Waals surface area contributed by atoms with Crippen LogP contribution < -0.4 is 16.6 Å². The van der Waals surface area contributed by atoms with Crippen LogP contribution in [0.4, 0.5) is 5.82 Å². The first-order valence-corrected chi connectivity index (χ1v) is 14.5. The molecule has 0 saturated heterocycles. The molecule has 0 radical (unpaired) electrons. The molecule has 3 N–H and O–H groups in total. The summed E-state index contributed by atoms with van der Waals surface area (Å²) < 4.78 is 8.62. The molecule has 5 heterocycles. The number of nitrogens with zero attached hydrogens (tertiary/aromatic N) is 5. The lowest BCUT2D eigenvalue weighted by Gasteiger charge is -2.21. The third kappa shape index (κ3) is 4.82. The predicted molar refractivity (Wildman–Crippen MR) is 164 cm³/mol. The van der Waals surface area contributed by atoms with E-state index in [9.17, 15) is 9.59 Å². The minimum Gasteiger partial charge on any atom is -0.381 e. The molecule has 0 spiro atoms. The quantitative estimate of drug-likeness (QED) is 0.298. The summed E-state index contributed by atoms with van der Waals surface area (Å²) in [7, 11) is 0. The van der Waals surface area contributed by atoms with Gasteiger partial charge in [-0.15, -0.1) is 16.4 Å². The van der Waals surface area contributed by atoms with Gasteiger partial charge in [-0.2, -0.15) is 0 Å². The predicted octanol–water partition coefficient (Wildman–Crippen LogP) is 4.04. The summed E-state index contributed by atoms with van der Waals surface area (Å²) in [4.78, 5) is 37.8. The molecule has 212 valence electrons. The number of para-hydroxylation sites is 1. The van der Waals surface area contributed by atoms with Gasteiger partial charge in [0.2, 0.25) is 0 Å². The molecule has 7 rings (SSSR count). The molecule has 4 aromatic heterocycles. The minimum atomic E-state index is -0.582. The van der Waals surface area contributed by atoms with Crippen LogP contribution in [0.1, 0.15) is 50.2 Å². The third-order valence-electron chi connectivity index (χ3n) is 7.33. The maximum absolute atomic E-state index is 14.3. The Morgan fingerprint density at radius 1 is 1.14 bits per heavy atom. The van der Waals surface area contributed by atoms with Crippen LogP contribution >= 0.6 is 11.3 Å². The number of pyridine rings is 1. The Bertz CT molecular complexity index is 2130. The van der Waals surface area contributed by atoms with Crippen LogP contribution in [-0.4, -0.2) is 36.7 Å². The highest BCUT2D eigenvalue weighted by molar-refractivity contribution is 7.12. The molecule has 1 amide bonds. The monoisotopic (exact) mass is 587 g/mol. The molecule has 0 unspecified atom stereocenters. The fourth-order valence-electron chi connectivity index (χ4n) is 5.31. The summed E-state index contributed by atoms with van der Waals surface area (Å²) in [6.45, 7) is 3.05. The Balaban J connectivity index is 1.32. The van der Waals surface area contributed by atoms with Gasteiger partial charge in [-0.05, 0) is 48.6 Å². The van der Waals surface area contributed by atoms with Crippen molar-refractivity contribution < 1.29 is 9.53 Å². The topological polar surface area (TPSA) is 129 Å². The largest absolute Gasteiger partial charge is 0.381 e. The van der Waals surface area contributed by atoms with Crippen molar-refractivity contribution in [2.24, 2.45) is 0 Å². The molecule has 0 fully saturated rings. The highest BCUT2D eigenvalue weighted by atomic mass is 32.1. The number of aromatic nitrogens is 5. The number of carbonyl (C=O) groups is 1. The van der Waals surface area contributed by atoms with E-state index >= 15 is 0 Å². The van der Waals surface area contributed by atoms with E-state index < -0.39 is 11.9 Å². The van der Waals surface area contributed by atoms with Crippen molar-refractivity contribution >= 4 is 39.5 Å². The summed E-state index contributed by atoms with van der Waals surface area (Å²) in [5.74, 6) is 5.99. The molecular formula is C32H25N7O3S. The molecule has 6 aromatic rings. The fourth-order valence-corrected chi connectivity index (χ4v) is 6.21. The second kappa shape index (κ2) is 10.8. The first-order chi connectivity index (χ1) is 21.0. The maximum Gasteiger partial charge on any atom is 0.264 e. The number of nitrogens with two attached hydrogens (primary N) is 1. The number of nitrogens with one attached hydrogen (secondary N) is 1. The van der Waals surface area contributed by atoms with Gasteiger partial charge in [-0.1, -0.05) is 36.3 Å². The van der Waals surface area contributed by atoms with Gasteiger partial charge >= 0.3 is 0 Å². The molecule has 1 aliphatic rings. The first kappa shape index (κ1) is 26.6. The number of rotatable bonds is 4. The summed E-state index contributed by atoms with van der Waals surface area (Å²) in [5.41, 5.74) is 9.27. The summed E-state index contributed by atoms with van der Waals surface area (Å²) in [6, 6.07) is 18.0. The van der Waals surface area contributed by atoms with Gasteiger partial charge in [0.25, 0.3) is 11.5 Å². The summed E-state index contributed by atoms with van der Waals surface area (Å²) >= 11 is 1.52. The van der Waals surface area contributed by atoms with Gasteiger partial charge < -0.3 is 15.8 Å². The van der Waals surface area contributed by atoms with E-state index in [0.717, 1.165) is 17.0 Å². The maximum atomic E-state index is 14.3. The van der Waals surface area contributed by atoms with Crippen LogP contribution in [0.2, 0.25) is 0 Å². The number of hydrogen-bond acceptors (Lipinski definition) is 8. The van der Waals surface area contributed by atoms with Gasteiger partial charge in [0, 0.05) is 35.8 Å². The lowest BCUT2D eigenvalue weighted by molar-refractivity contribution is 0.0941. The Labute approximate surface area is 249 Å². The van der Waals surface area contributed by atoms with E-state index in [2.05, 4.69) is 32.2 Å². The molecule has 2 aromatic carbocycles. The van der Waals surface area contributed by atoms with E-state index in [0.29, 0.717) is 51.6 Å². The van der Waals surface area contributed by atoms with Crippen molar-refractivity contribution in [3.63, 3.8) is 0 Å². The van der Waals surface area contributed by atoms with Crippen molar-refractivity contribution in [2.45, 2.75) is 26.0 Å². The molecule has 0 saturated carbocycles. The van der Waals surface area contributed by atoms with Gasteiger partial charge in [0.15, 0.2) is 16.5 Å². The second-order valence-electron chi connectivity index (χ2n) is 10.1. The Kier molecular flexibility index (Phi) is 6.69. The molecule has 10 nitrogen and oxygen atoms in total. The second-order valence-corrected chi connectivity index (χ2v) is 11.2. The van der Waals surface area contributed by atoms with E-state index in [-0.39, 0.29) is 16.9 Å². The van der Waals surface area contributed by atoms with Gasteiger partial charge in [0.1, 0.15) is 5.56 Å². The number of benzene rings is 2. The van der Waals surface area contributed by atoms with Crippen LogP contribution in [-0.2, 0) is 17.8 Å². The average Bonchev–Trinajstić information content (AvgIpc) is 3.59.